The molecule has 0 atom stereocenters. The highest BCUT2D eigenvalue weighted by atomic mass is 32.1. The van der Waals surface area contributed by atoms with Crippen molar-refractivity contribution in [1.29, 1.82) is 0 Å². The third-order valence-corrected chi connectivity index (χ3v) is 3.17. The molecule has 1 N–H and O–H groups in total. The average molecular weight is 284 g/mol. The Labute approximate surface area is 112 Å². The van der Waals surface area contributed by atoms with Crippen molar-refractivity contribution >= 4 is 34.6 Å². The maximum Gasteiger partial charge on any atom is 0.338 e. The van der Waals surface area contributed by atoms with Gasteiger partial charge in [-0.25, -0.2) is 9.59 Å². The van der Waals surface area contributed by atoms with Crippen LogP contribution >= 0.6 is 22.7 Å². The Morgan fingerprint density at radius 3 is 2.06 bits per heavy atom. The van der Waals surface area contributed by atoms with Crippen LogP contribution in [0.5, 0.6) is 0 Å². The van der Waals surface area contributed by atoms with Gasteiger partial charge in [0.25, 0.3) is 0 Å². The number of carboxylic acids is 1. The van der Waals surface area contributed by atoms with Gasteiger partial charge in [0.1, 0.15) is 0 Å². The molecule has 0 saturated carbocycles. The molecule has 0 amide bonds. The van der Waals surface area contributed by atoms with E-state index >= 15 is 0 Å². The Balaban J connectivity index is 0.000000184. The van der Waals surface area contributed by atoms with Crippen LogP contribution in [0.4, 0.5) is 0 Å². The molecule has 0 spiro atoms. The number of hydrogen-bond acceptors (Lipinski definition) is 5. The molecule has 0 bridgehead atoms. The molecule has 6 heteroatoms. The van der Waals surface area contributed by atoms with Crippen molar-refractivity contribution in [3.8, 4) is 0 Å². The van der Waals surface area contributed by atoms with Gasteiger partial charge in [-0.05, 0) is 29.8 Å². The number of carbonyl (C=O) groups excluding carboxylic acids is 1. The lowest BCUT2D eigenvalue weighted by atomic mass is 10.3. The largest absolute Gasteiger partial charge is 0.478 e. The minimum Gasteiger partial charge on any atom is -0.478 e. The Kier molecular flexibility index (Phi) is 6.10. The van der Waals surface area contributed by atoms with Gasteiger partial charge in [0, 0.05) is 10.8 Å². The number of ether oxygens (including phenoxy) is 1. The molecule has 4 nitrogen and oxygen atoms in total. The highest BCUT2D eigenvalue weighted by molar-refractivity contribution is 7.08. The normalized spacial score (nSPS) is 9.17. The van der Waals surface area contributed by atoms with Crippen LogP contribution in [0.3, 0.4) is 0 Å². The predicted octanol–water partition coefficient (Wildman–Crippen LogP) is 3.37. The SMILES string of the molecule is CCOC(=O)c1ccsc1.O=C(O)c1ccsc1. The number of rotatable bonds is 3. The van der Waals surface area contributed by atoms with E-state index in [0.29, 0.717) is 17.7 Å². The molecule has 0 aliphatic carbocycles. The van der Waals surface area contributed by atoms with Gasteiger partial charge in [0.05, 0.1) is 17.7 Å². The summed E-state index contributed by atoms with van der Waals surface area (Å²) in [6, 6.07) is 3.33. The number of aromatic carboxylic acids is 1. The van der Waals surface area contributed by atoms with E-state index in [1.54, 1.807) is 35.2 Å². The third kappa shape index (κ3) is 4.68. The minimum atomic E-state index is -0.855. The monoisotopic (exact) mass is 284 g/mol. The van der Waals surface area contributed by atoms with E-state index in [2.05, 4.69) is 0 Å². The van der Waals surface area contributed by atoms with Gasteiger partial charge in [-0.3, -0.25) is 0 Å². The number of carbonyl (C=O) groups is 2. The minimum absolute atomic E-state index is 0.233. The van der Waals surface area contributed by atoms with E-state index in [4.69, 9.17) is 9.84 Å². The van der Waals surface area contributed by atoms with Gasteiger partial charge in [0.15, 0.2) is 0 Å². The fourth-order valence-corrected chi connectivity index (χ4v) is 2.24. The molecule has 2 heterocycles. The first kappa shape index (κ1) is 14.4. The summed E-state index contributed by atoms with van der Waals surface area (Å²) in [7, 11) is 0. The quantitative estimate of drug-likeness (QED) is 0.878. The number of thiophene rings is 2. The molecular formula is C12H12O4S2. The maximum absolute atomic E-state index is 10.9. The summed E-state index contributed by atoms with van der Waals surface area (Å²) in [6.07, 6.45) is 0. The molecule has 18 heavy (non-hydrogen) atoms. The molecule has 2 aromatic heterocycles. The lowest BCUT2D eigenvalue weighted by Gasteiger charge is -1.95. The van der Waals surface area contributed by atoms with Gasteiger partial charge in [-0.1, -0.05) is 0 Å². The van der Waals surface area contributed by atoms with E-state index in [-0.39, 0.29) is 5.97 Å². The second kappa shape index (κ2) is 7.62. The summed E-state index contributed by atoms with van der Waals surface area (Å²) in [5.74, 6) is -1.09. The van der Waals surface area contributed by atoms with Crippen molar-refractivity contribution in [1.82, 2.24) is 0 Å². The zero-order valence-corrected chi connectivity index (χ0v) is 11.3. The molecule has 2 aromatic rings. The van der Waals surface area contributed by atoms with E-state index < -0.39 is 5.97 Å². The van der Waals surface area contributed by atoms with E-state index in [9.17, 15) is 9.59 Å². The molecule has 0 unspecified atom stereocenters. The van der Waals surface area contributed by atoms with Crippen molar-refractivity contribution in [3.05, 3.63) is 44.8 Å². The third-order valence-electron chi connectivity index (χ3n) is 1.80. The van der Waals surface area contributed by atoms with Crippen LogP contribution < -0.4 is 0 Å². The van der Waals surface area contributed by atoms with E-state index in [1.165, 1.54) is 22.7 Å². The standard InChI is InChI=1S/C7H8O2S.C5H4O2S/c1-2-9-7(8)6-3-4-10-5-6;6-5(7)4-1-2-8-3-4/h3-5H,2H2,1H3;1-3H,(H,6,7). The average Bonchev–Trinajstić information content (AvgIpc) is 3.04. The Bertz CT molecular complexity index is 474. The first-order valence-electron chi connectivity index (χ1n) is 5.10. The van der Waals surface area contributed by atoms with Gasteiger partial charge < -0.3 is 9.84 Å². The van der Waals surface area contributed by atoms with E-state index in [1.807, 2.05) is 5.38 Å². The van der Waals surface area contributed by atoms with Crippen LogP contribution in [-0.4, -0.2) is 23.7 Å². The van der Waals surface area contributed by atoms with Crippen molar-refractivity contribution in [2.24, 2.45) is 0 Å². The van der Waals surface area contributed by atoms with Crippen LogP contribution in [0.25, 0.3) is 0 Å². The Morgan fingerprint density at radius 1 is 1.17 bits per heavy atom. The fourth-order valence-electron chi connectivity index (χ4n) is 0.981. The van der Waals surface area contributed by atoms with Gasteiger partial charge in [0.2, 0.25) is 0 Å². The summed E-state index contributed by atoms with van der Waals surface area (Å²) >= 11 is 2.88. The van der Waals surface area contributed by atoms with E-state index in [0.717, 1.165) is 0 Å². The number of hydrogen-bond donors (Lipinski definition) is 1. The molecule has 0 fully saturated rings. The number of carboxylic acid groups (broad SMARTS) is 1. The molecule has 0 radical (unpaired) electrons. The first-order chi connectivity index (χ1) is 8.65. The first-order valence-corrected chi connectivity index (χ1v) is 6.98. The Morgan fingerprint density at radius 2 is 1.72 bits per heavy atom. The van der Waals surface area contributed by atoms with Crippen LogP contribution in [0.1, 0.15) is 27.6 Å². The highest BCUT2D eigenvalue weighted by Crippen LogP contribution is 2.06. The lowest BCUT2D eigenvalue weighted by Crippen LogP contribution is -2.02. The molecule has 0 aliphatic rings. The van der Waals surface area contributed by atoms with Crippen molar-refractivity contribution < 1.29 is 19.4 Å². The van der Waals surface area contributed by atoms with Crippen LogP contribution in [0.2, 0.25) is 0 Å². The van der Waals surface area contributed by atoms with Gasteiger partial charge >= 0.3 is 11.9 Å². The molecule has 2 rings (SSSR count). The molecule has 96 valence electrons. The summed E-state index contributed by atoms with van der Waals surface area (Å²) in [4.78, 5) is 21.0. The van der Waals surface area contributed by atoms with Crippen LogP contribution in [0, 0.1) is 0 Å². The zero-order chi connectivity index (χ0) is 13.4. The van der Waals surface area contributed by atoms with Gasteiger partial charge in [-0.15, -0.1) is 0 Å². The smallest absolute Gasteiger partial charge is 0.338 e. The second-order valence-corrected chi connectivity index (χ2v) is 4.61. The zero-order valence-electron chi connectivity index (χ0n) is 9.66. The fraction of sp³-hybridized carbons (Fsp3) is 0.167. The van der Waals surface area contributed by atoms with Crippen molar-refractivity contribution in [2.75, 3.05) is 6.61 Å². The molecule has 0 aliphatic heterocycles. The molecule has 0 aromatic carbocycles. The van der Waals surface area contributed by atoms with Gasteiger partial charge in [-0.2, -0.15) is 22.7 Å². The molecule has 0 saturated heterocycles. The number of esters is 1. The predicted molar refractivity (Wildman–Crippen MR) is 71.6 cm³/mol. The maximum atomic E-state index is 10.9. The lowest BCUT2D eigenvalue weighted by molar-refractivity contribution is 0.0526. The topological polar surface area (TPSA) is 63.6 Å². The van der Waals surface area contributed by atoms with Crippen molar-refractivity contribution in [2.45, 2.75) is 6.92 Å². The summed E-state index contributed by atoms with van der Waals surface area (Å²) in [5.41, 5.74) is 1.02. The Hall–Kier alpha value is -1.66. The summed E-state index contributed by atoms with van der Waals surface area (Å²) in [6.45, 7) is 2.24. The van der Waals surface area contributed by atoms with Crippen LogP contribution in [0.15, 0.2) is 33.7 Å². The second-order valence-electron chi connectivity index (χ2n) is 3.05. The summed E-state index contributed by atoms with van der Waals surface area (Å²) < 4.78 is 4.75. The molecular weight excluding hydrogens is 272 g/mol. The summed E-state index contributed by atoms with van der Waals surface area (Å²) in [5, 5.41) is 15.2. The van der Waals surface area contributed by atoms with Crippen LogP contribution in [-0.2, 0) is 4.74 Å². The highest BCUT2D eigenvalue weighted by Gasteiger charge is 2.04. The van der Waals surface area contributed by atoms with Crippen molar-refractivity contribution in [3.63, 3.8) is 0 Å².